The van der Waals surface area contributed by atoms with Gasteiger partial charge in [0.1, 0.15) is 0 Å². The fraction of sp³-hybridized carbons (Fsp3) is 0.727. The lowest BCUT2D eigenvalue weighted by atomic mass is 10.2. The van der Waals surface area contributed by atoms with Gasteiger partial charge in [0.05, 0.1) is 23.2 Å². The van der Waals surface area contributed by atoms with Crippen LogP contribution < -0.4 is 0 Å². The molecule has 17 heavy (non-hydrogen) atoms. The van der Waals surface area contributed by atoms with Crippen molar-refractivity contribution in [1.29, 1.82) is 0 Å². The number of nitrogens with one attached hydrogen (secondary N) is 1. The zero-order chi connectivity index (χ0) is 12.6. The molecule has 0 amide bonds. The number of fused-ring (bicyclic) bond motifs is 1. The Hall–Kier alpha value is -0.880. The molecule has 1 aliphatic heterocycles. The van der Waals surface area contributed by atoms with Crippen LogP contribution in [0.2, 0.25) is 0 Å². The fourth-order valence-corrected chi connectivity index (χ4v) is 4.56. The third-order valence-electron chi connectivity index (χ3n) is 3.59. The van der Waals surface area contributed by atoms with Crippen LogP contribution in [-0.2, 0) is 16.6 Å². The number of sulfonamides is 1. The molecule has 96 valence electrons. The number of rotatable bonds is 4. The Morgan fingerprint density at radius 3 is 2.71 bits per heavy atom. The summed E-state index contributed by atoms with van der Waals surface area (Å²) in [5.74, 6) is 0. The van der Waals surface area contributed by atoms with Gasteiger partial charge in [-0.3, -0.25) is 5.10 Å². The first-order valence-corrected chi connectivity index (χ1v) is 7.55. The Balaban J connectivity index is 2.29. The van der Waals surface area contributed by atoms with E-state index in [1.54, 1.807) is 10.5 Å². The number of nitrogens with zero attached hydrogens (tertiary/aromatic N) is 2. The monoisotopic (exact) mass is 257 g/mol. The summed E-state index contributed by atoms with van der Waals surface area (Å²) in [5.41, 5.74) is 1.92. The molecule has 1 aromatic rings. The molecule has 0 radical (unpaired) electrons. The molecule has 1 atom stereocenters. The summed E-state index contributed by atoms with van der Waals surface area (Å²) in [6.45, 7) is 6.20. The average Bonchev–Trinajstić information content (AvgIpc) is 2.83. The molecular formula is C11H19N3O2S. The molecule has 1 N–H and O–H groups in total. The van der Waals surface area contributed by atoms with Gasteiger partial charge < -0.3 is 0 Å². The van der Waals surface area contributed by atoms with Crippen molar-refractivity contribution in [3.63, 3.8) is 0 Å². The van der Waals surface area contributed by atoms with E-state index in [1.807, 2.05) is 20.8 Å². The molecule has 6 heteroatoms. The largest absolute Gasteiger partial charge is 0.281 e. The van der Waals surface area contributed by atoms with Gasteiger partial charge in [-0.2, -0.15) is 9.40 Å². The van der Waals surface area contributed by atoms with Crippen LogP contribution in [0.4, 0.5) is 0 Å². The van der Waals surface area contributed by atoms with E-state index in [4.69, 9.17) is 0 Å². The fourth-order valence-electron chi connectivity index (χ4n) is 2.47. The first-order chi connectivity index (χ1) is 8.02. The van der Waals surface area contributed by atoms with Crippen molar-refractivity contribution in [3.05, 3.63) is 17.5 Å². The molecule has 0 saturated carbocycles. The van der Waals surface area contributed by atoms with E-state index in [2.05, 4.69) is 10.2 Å². The maximum Gasteiger partial charge on any atom is 0.217 e. The molecule has 0 aliphatic carbocycles. The van der Waals surface area contributed by atoms with Crippen LogP contribution >= 0.6 is 0 Å². The standard InChI is InChI=1S/C11H19N3O2S/c1-4-10(5-2)17(15,16)14-7-9-6-12-13-11(9)8(14)3/h6,8,10H,4-5,7H2,1-3H3,(H,12,13). The summed E-state index contributed by atoms with van der Waals surface area (Å²) in [7, 11) is -3.20. The Bertz CT molecular complexity index is 491. The predicted octanol–water partition coefficient (Wildman–Crippen LogP) is 1.80. The summed E-state index contributed by atoms with van der Waals surface area (Å²) in [5, 5.41) is 6.56. The van der Waals surface area contributed by atoms with Gasteiger partial charge in [-0.15, -0.1) is 0 Å². The van der Waals surface area contributed by atoms with Crippen LogP contribution in [0.25, 0.3) is 0 Å². The minimum absolute atomic E-state index is 0.127. The van der Waals surface area contributed by atoms with Crippen LogP contribution in [0.15, 0.2) is 6.20 Å². The van der Waals surface area contributed by atoms with Gasteiger partial charge >= 0.3 is 0 Å². The normalized spacial score (nSPS) is 21.1. The van der Waals surface area contributed by atoms with Crippen LogP contribution in [0.5, 0.6) is 0 Å². The average molecular weight is 257 g/mol. The van der Waals surface area contributed by atoms with E-state index in [1.165, 1.54) is 0 Å². The van der Waals surface area contributed by atoms with Gasteiger partial charge in [0, 0.05) is 12.1 Å². The zero-order valence-corrected chi connectivity index (χ0v) is 11.3. The second-order valence-corrected chi connectivity index (χ2v) is 6.68. The molecule has 2 rings (SSSR count). The minimum Gasteiger partial charge on any atom is -0.281 e. The number of aromatic nitrogens is 2. The quantitative estimate of drug-likeness (QED) is 0.894. The van der Waals surface area contributed by atoms with Crippen LogP contribution in [0.1, 0.15) is 50.9 Å². The lowest BCUT2D eigenvalue weighted by Gasteiger charge is -2.26. The Morgan fingerprint density at radius 2 is 2.18 bits per heavy atom. The van der Waals surface area contributed by atoms with Crippen molar-refractivity contribution in [1.82, 2.24) is 14.5 Å². The summed E-state index contributed by atoms with van der Waals surface area (Å²) < 4.78 is 26.5. The molecule has 1 aliphatic rings. The molecule has 2 heterocycles. The zero-order valence-electron chi connectivity index (χ0n) is 10.5. The first-order valence-electron chi connectivity index (χ1n) is 6.05. The third kappa shape index (κ3) is 1.89. The lowest BCUT2D eigenvalue weighted by Crippen LogP contribution is -2.36. The van der Waals surface area contributed by atoms with E-state index in [0.29, 0.717) is 19.4 Å². The van der Waals surface area contributed by atoms with E-state index < -0.39 is 10.0 Å². The van der Waals surface area contributed by atoms with Gasteiger partial charge in [0.15, 0.2) is 0 Å². The second kappa shape index (κ2) is 4.42. The van der Waals surface area contributed by atoms with E-state index in [-0.39, 0.29) is 11.3 Å². The SMILES string of the molecule is CCC(CC)S(=O)(=O)N1Cc2cn[nH]c2C1C. The molecule has 0 aromatic carbocycles. The van der Waals surface area contributed by atoms with Gasteiger partial charge in [-0.05, 0) is 19.8 Å². The number of aromatic amines is 1. The topological polar surface area (TPSA) is 66.1 Å². The molecule has 0 fully saturated rings. The lowest BCUT2D eigenvalue weighted by molar-refractivity contribution is 0.356. The maximum absolute atomic E-state index is 12.5. The van der Waals surface area contributed by atoms with Gasteiger partial charge in [0.25, 0.3) is 0 Å². The van der Waals surface area contributed by atoms with Crippen LogP contribution in [0.3, 0.4) is 0 Å². The highest BCUT2D eigenvalue weighted by atomic mass is 32.2. The molecule has 1 unspecified atom stereocenters. The molecule has 0 saturated heterocycles. The van der Waals surface area contributed by atoms with E-state index >= 15 is 0 Å². The highest BCUT2D eigenvalue weighted by Gasteiger charge is 2.39. The van der Waals surface area contributed by atoms with Crippen molar-refractivity contribution < 1.29 is 8.42 Å². The smallest absolute Gasteiger partial charge is 0.217 e. The van der Waals surface area contributed by atoms with Crippen molar-refractivity contribution in [3.8, 4) is 0 Å². The van der Waals surface area contributed by atoms with Crippen molar-refractivity contribution in [2.24, 2.45) is 0 Å². The van der Waals surface area contributed by atoms with Crippen molar-refractivity contribution in [2.45, 2.75) is 51.4 Å². The second-order valence-electron chi connectivity index (χ2n) is 4.51. The number of hydrogen-bond acceptors (Lipinski definition) is 3. The van der Waals surface area contributed by atoms with Crippen molar-refractivity contribution in [2.75, 3.05) is 0 Å². The van der Waals surface area contributed by atoms with Crippen LogP contribution in [0, 0.1) is 0 Å². The molecule has 1 aromatic heterocycles. The summed E-state index contributed by atoms with van der Waals surface area (Å²) in [6, 6.07) is -0.127. The maximum atomic E-state index is 12.5. The van der Waals surface area contributed by atoms with Crippen LogP contribution in [-0.4, -0.2) is 28.2 Å². The van der Waals surface area contributed by atoms with Crippen molar-refractivity contribution >= 4 is 10.0 Å². The molecular weight excluding hydrogens is 238 g/mol. The Morgan fingerprint density at radius 1 is 1.53 bits per heavy atom. The van der Waals surface area contributed by atoms with E-state index in [9.17, 15) is 8.42 Å². The number of H-pyrrole nitrogens is 1. The highest BCUT2D eigenvalue weighted by Crippen LogP contribution is 2.35. The first kappa shape index (κ1) is 12.6. The third-order valence-corrected chi connectivity index (χ3v) is 6.19. The summed E-state index contributed by atoms with van der Waals surface area (Å²) >= 11 is 0. The van der Waals surface area contributed by atoms with Gasteiger partial charge in [-0.1, -0.05) is 13.8 Å². The Labute approximate surface area is 102 Å². The summed E-state index contributed by atoms with van der Waals surface area (Å²) in [6.07, 6.45) is 3.04. The molecule has 0 bridgehead atoms. The highest BCUT2D eigenvalue weighted by molar-refractivity contribution is 7.89. The minimum atomic E-state index is -3.20. The van der Waals surface area contributed by atoms with Gasteiger partial charge in [0.2, 0.25) is 10.0 Å². The molecule has 0 spiro atoms. The summed E-state index contributed by atoms with van der Waals surface area (Å²) in [4.78, 5) is 0. The molecule has 5 nitrogen and oxygen atoms in total. The van der Waals surface area contributed by atoms with E-state index in [0.717, 1.165) is 11.3 Å². The Kier molecular flexibility index (Phi) is 3.27. The predicted molar refractivity (Wildman–Crippen MR) is 65.8 cm³/mol. The number of hydrogen-bond donors (Lipinski definition) is 1. The van der Waals surface area contributed by atoms with Gasteiger partial charge in [-0.25, -0.2) is 8.42 Å².